The van der Waals surface area contributed by atoms with Crippen LogP contribution in [0, 0.1) is 0 Å². The van der Waals surface area contributed by atoms with E-state index < -0.39 is 5.54 Å². The third kappa shape index (κ3) is 2.03. The molecule has 18 heavy (non-hydrogen) atoms. The molecule has 0 aliphatic heterocycles. The third-order valence-electron chi connectivity index (χ3n) is 3.43. The quantitative estimate of drug-likeness (QED) is 0.550. The van der Waals surface area contributed by atoms with Crippen LogP contribution in [0.25, 0.3) is 0 Å². The zero-order valence-electron chi connectivity index (χ0n) is 10.3. The van der Waals surface area contributed by atoms with Gasteiger partial charge in [-0.05, 0) is 31.4 Å². The van der Waals surface area contributed by atoms with Crippen molar-refractivity contribution in [3.8, 4) is 0 Å². The lowest BCUT2D eigenvalue weighted by Crippen LogP contribution is -2.54. The van der Waals surface area contributed by atoms with E-state index >= 15 is 0 Å². The molecule has 0 heterocycles. The number of nitrogens with two attached hydrogens (primary N) is 1. The summed E-state index contributed by atoms with van der Waals surface area (Å²) in [4.78, 5) is 23.3. The van der Waals surface area contributed by atoms with Crippen LogP contribution in [0.4, 0.5) is 11.4 Å². The minimum atomic E-state index is -0.690. The number of benzene rings is 1. The Morgan fingerprint density at radius 1 is 1.44 bits per heavy atom. The smallest absolute Gasteiger partial charge is 0.256 e. The van der Waals surface area contributed by atoms with E-state index in [2.05, 4.69) is 10.6 Å². The molecule has 1 amide bonds. The molecule has 1 aliphatic rings. The van der Waals surface area contributed by atoms with Gasteiger partial charge in [0, 0.05) is 18.4 Å². The summed E-state index contributed by atoms with van der Waals surface area (Å²) >= 11 is 0. The van der Waals surface area contributed by atoms with E-state index in [1.807, 2.05) is 0 Å². The fourth-order valence-corrected chi connectivity index (χ4v) is 2.15. The summed E-state index contributed by atoms with van der Waals surface area (Å²) in [5, 5.41) is 5.71. The van der Waals surface area contributed by atoms with Crippen molar-refractivity contribution >= 4 is 23.6 Å². The molecule has 0 radical (unpaired) electrons. The predicted molar refractivity (Wildman–Crippen MR) is 70.5 cm³/mol. The molecule has 1 aromatic carbocycles. The van der Waals surface area contributed by atoms with Crippen LogP contribution in [0.2, 0.25) is 0 Å². The highest BCUT2D eigenvalue weighted by molar-refractivity contribution is 6.05. The Morgan fingerprint density at radius 3 is 2.67 bits per heavy atom. The Kier molecular flexibility index (Phi) is 3.23. The van der Waals surface area contributed by atoms with E-state index in [-0.39, 0.29) is 5.91 Å². The number of anilines is 2. The number of carbonyl (C=O) groups excluding carboxylic acids is 2. The minimum absolute atomic E-state index is 0.302. The van der Waals surface area contributed by atoms with Gasteiger partial charge in [-0.3, -0.25) is 4.79 Å². The molecule has 4 N–H and O–H groups in total. The molecule has 1 aromatic rings. The number of nitrogens with one attached hydrogen (secondary N) is 2. The second-order valence-corrected chi connectivity index (χ2v) is 4.60. The number of carbonyl (C=O) groups is 2. The first-order valence-electron chi connectivity index (χ1n) is 5.97. The van der Waals surface area contributed by atoms with Crippen LogP contribution in [0.1, 0.15) is 29.6 Å². The summed E-state index contributed by atoms with van der Waals surface area (Å²) in [5.74, 6) is -0.302. The first-order valence-corrected chi connectivity index (χ1v) is 5.97. The van der Waals surface area contributed by atoms with Crippen LogP contribution in [0.5, 0.6) is 0 Å². The van der Waals surface area contributed by atoms with E-state index in [9.17, 15) is 9.59 Å². The highest BCUT2D eigenvalue weighted by Gasteiger charge is 2.38. The average molecular weight is 247 g/mol. The van der Waals surface area contributed by atoms with Gasteiger partial charge in [0.1, 0.15) is 6.29 Å². The van der Waals surface area contributed by atoms with E-state index in [1.165, 1.54) is 0 Å². The van der Waals surface area contributed by atoms with Crippen molar-refractivity contribution in [2.75, 3.05) is 18.1 Å². The molecule has 0 aromatic heterocycles. The normalized spacial score (nSPS) is 16.5. The molecule has 0 saturated heterocycles. The highest BCUT2D eigenvalue weighted by atomic mass is 16.2. The van der Waals surface area contributed by atoms with Crippen LogP contribution in [-0.4, -0.2) is 24.8 Å². The SMILES string of the molecule is CNc1cccc(N)c1C(=O)NC1(C=O)CCC1. The fourth-order valence-electron chi connectivity index (χ4n) is 2.15. The first-order chi connectivity index (χ1) is 8.62. The van der Waals surface area contributed by atoms with E-state index in [4.69, 9.17) is 5.73 Å². The summed E-state index contributed by atoms with van der Waals surface area (Å²) in [6, 6.07) is 5.22. The lowest BCUT2D eigenvalue weighted by atomic mass is 9.78. The number of aldehydes is 1. The van der Waals surface area contributed by atoms with Crippen molar-refractivity contribution in [1.82, 2.24) is 5.32 Å². The number of hydrogen-bond acceptors (Lipinski definition) is 4. The van der Waals surface area contributed by atoms with Crippen LogP contribution in [0.3, 0.4) is 0 Å². The topological polar surface area (TPSA) is 84.2 Å². The standard InChI is InChI=1S/C13H17N3O2/c1-15-10-5-2-4-9(14)11(10)12(18)16-13(8-17)6-3-7-13/h2,4-5,8,15H,3,6-7,14H2,1H3,(H,16,18). The van der Waals surface area contributed by atoms with Gasteiger partial charge in [0.05, 0.1) is 11.1 Å². The maximum atomic E-state index is 12.2. The van der Waals surface area contributed by atoms with Gasteiger partial charge in [-0.2, -0.15) is 0 Å². The first kappa shape index (κ1) is 12.4. The fraction of sp³-hybridized carbons (Fsp3) is 0.385. The third-order valence-corrected chi connectivity index (χ3v) is 3.43. The molecule has 1 fully saturated rings. The Bertz CT molecular complexity index is 481. The second kappa shape index (κ2) is 4.68. The highest BCUT2D eigenvalue weighted by Crippen LogP contribution is 2.31. The lowest BCUT2D eigenvalue weighted by Gasteiger charge is -2.37. The Labute approximate surface area is 106 Å². The molecule has 0 bridgehead atoms. The summed E-state index contributed by atoms with van der Waals surface area (Å²) in [6.07, 6.45) is 3.18. The molecule has 2 rings (SSSR count). The van der Waals surface area contributed by atoms with Gasteiger partial charge < -0.3 is 21.2 Å². The number of nitrogen functional groups attached to an aromatic ring is 1. The Hall–Kier alpha value is -2.04. The largest absolute Gasteiger partial charge is 0.398 e. The van der Waals surface area contributed by atoms with Crippen LogP contribution < -0.4 is 16.4 Å². The molecule has 0 spiro atoms. The molecular formula is C13H17N3O2. The maximum absolute atomic E-state index is 12.2. The zero-order chi connectivity index (χ0) is 13.2. The minimum Gasteiger partial charge on any atom is -0.398 e. The molecule has 0 atom stereocenters. The number of rotatable bonds is 4. The van der Waals surface area contributed by atoms with E-state index in [1.54, 1.807) is 25.2 Å². The zero-order valence-corrected chi connectivity index (χ0v) is 10.3. The van der Waals surface area contributed by atoms with Gasteiger partial charge in [0.15, 0.2) is 0 Å². The molecule has 96 valence electrons. The molecule has 5 nitrogen and oxygen atoms in total. The molecule has 1 aliphatic carbocycles. The van der Waals surface area contributed by atoms with E-state index in [0.29, 0.717) is 29.8 Å². The summed E-state index contributed by atoms with van der Waals surface area (Å²) in [6.45, 7) is 0. The van der Waals surface area contributed by atoms with Gasteiger partial charge in [0.25, 0.3) is 5.91 Å². The molecular weight excluding hydrogens is 230 g/mol. The molecule has 1 saturated carbocycles. The molecule has 0 unspecified atom stereocenters. The predicted octanol–water partition coefficient (Wildman–Crippen LogP) is 1.16. The van der Waals surface area contributed by atoms with Crippen LogP contribution >= 0.6 is 0 Å². The van der Waals surface area contributed by atoms with Crippen molar-refractivity contribution in [3.05, 3.63) is 23.8 Å². The van der Waals surface area contributed by atoms with Gasteiger partial charge >= 0.3 is 0 Å². The second-order valence-electron chi connectivity index (χ2n) is 4.60. The van der Waals surface area contributed by atoms with Crippen molar-refractivity contribution in [2.45, 2.75) is 24.8 Å². The van der Waals surface area contributed by atoms with Gasteiger partial charge in [-0.25, -0.2) is 0 Å². The van der Waals surface area contributed by atoms with Crippen LogP contribution in [-0.2, 0) is 4.79 Å². The van der Waals surface area contributed by atoms with Crippen molar-refractivity contribution in [3.63, 3.8) is 0 Å². The van der Waals surface area contributed by atoms with Crippen molar-refractivity contribution in [1.29, 1.82) is 0 Å². The van der Waals surface area contributed by atoms with Crippen molar-refractivity contribution in [2.24, 2.45) is 0 Å². The Balaban J connectivity index is 2.26. The van der Waals surface area contributed by atoms with Crippen LogP contribution in [0.15, 0.2) is 18.2 Å². The summed E-state index contributed by atoms with van der Waals surface area (Å²) in [5.41, 5.74) is 6.60. The van der Waals surface area contributed by atoms with E-state index in [0.717, 1.165) is 12.7 Å². The van der Waals surface area contributed by atoms with Crippen molar-refractivity contribution < 1.29 is 9.59 Å². The van der Waals surface area contributed by atoms with Gasteiger partial charge in [0.2, 0.25) is 0 Å². The Morgan fingerprint density at radius 2 is 2.17 bits per heavy atom. The molecule has 5 heteroatoms. The van der Waals surface area contributed by atoms with Gasteiger partial charge in [-0.15, -0.1) is 0 Å². The van der Waals surface area contributed by atoms with Gasteiger partial charge in [-0.1, -0.05) is 6.07 Å². The summed E-state index contributed by atoms with van der Waals surface area (Å²) < 4.78 is 0. The summed E-state index contributed by atoms with van der Waals surface area (Å²) in [7, 11) is 1.73. The maximum Gasteiger partial charge on any atom is 0.256 e. The lowest BCUT2D eigenvalue weighted by molar-refractivity contribution is -0.115. The average Bonchev–Trinajstić information content (AvgIpc) is 2.33. The number of amides is 1. The number of hydrogen-bond donors (Lipinski definition) is 3. The monoisotopic (exact) mass is 247 g/mol.